The fourth-order valence-corrected chi connectivity index (χ4v) is 6.06. The number of aromatic nitrogens is 4. The number of aliphatic hydroxyl groups excluding tert-OH is 1. The third-order valence-corrected chi connectivity index (χ3v) is 7.79. The maximum absolute atomic E-state index is 12.4. The molecule has 0 radical (unpaired) electrons. The van der Waals surface area contributed by atoms with E-state index in [9.17, 15) is 15.0 Å². The average Bonchev–Trinajstić information content (AvgIpc) is 3.74. The van der Waals surface area contributed by atoms with E-state index in [2.05, 4.69) is 37.4 Å². The number of benzene rings is 1. The number of fused-ring (bicyclic) bond motifs is 4. The molecule has 2 aromatic heterocycles. The molecular formula is C25H26N6O4. The molecule has 10 nitrogen and oxygen atoms in total. The van der Waals surface area contributed by atoms with Crippen LogP contribution in [0.15, 0.2) is 30.6 Å². The lowest BCUT2D eigenvalue weighted by atomic mass is 9.83. The first-order chi connectivity index (χ1) is 16.9. The highest BCUT2D eigenvalue weighted by Gasteiger charge is 2.81. The molecule has 0 saturated heterocycles. The van der Waals surface area contributed by atoms with E-state index in [1.54, 1.807) is 27.5 Å². The Morgan fingerprint density at radius 2 is 2.03 bits per heavy atom. The molecule has 0 spiro atoms. The molecule has 3 aliphatic carbocycles. The first-order valence-electron chi connectivity index (χ1n) is 11.6. The van der Waals surface area contributed by atoms with Crippen LogP contribution < -0.4 is 15.4 Å². The van der Waals surface area contributed by atoms with Gasteiger partial charge in [-0.25, -0.2) is 15.0 Å². The summed E-state index contributed by atoms with van der Waals surface area (Å²) >= 11 is 0. The van der Waals surface area contributed by atoms with Crippen LogP contribution in [-0.4, -0.2) is 68.5 Å². The number of carbonyl (C=O) groups is 1. The Balaban J connectivity index is 1.40. The molecule has 3 fully saturated rings. The molecule has 180 valence electrons. The number of ether oxygens (including phenoxy) is 1. The van der Waals surface area contributed by atoms with Gasteiger partial charge in [-0.3, -0.25) is 4.79 Å². The van der Waals surface area contributed by atoms with Gasteiger partial charge in [0.05, 0.1) is 37.1 Å². The first-order valence-corrected chi connectivity index (χ1v) is 11.6. The number of aliphatic hydroxyl groups is 2. The van der Waals surface area contributed by atoms with E-state index in [1.807, 2.05) is 28.8 Å². The van der Waals surface area contributed by atoms with Gasteiger partial charge in [0.1, 0.15) is 11.4 Å². The monoisotopic (exact) mass is 474 g/mol. The zero-order valence-electron chi connectivity index (χ0n) is 19.6. The zero-order chi connectivity index (χ0) is 24.5. The minimum absolute atomic E-state index is 0.0831. The van der Waals surface area contributed by atoms with Crippen molar-refractivity contribution >= 4 is 22.9 Å². The SMILES string of the molecule is CNC(=O)[C@H]1C2CC2[C@H]2C(n3cnc4c(NC)nc(C#Cc5ccccc5OC)nc43)[C@@]2(O)[C@@H]1O. The molecule has 7 atom stereocenters. The van der Waals surface area contributed by atoms with Gasteiger partial charge in [0, 0.05) is 20.0 Å². The van der Waals surface area contributed by atoms with Crippen molar-refractivity contribution in [1.82, 2.24) is 24.8 Å². The Kier molecular flexibility index (Phi) is 4.78. The summed E-state index contributed by atoms with van der Waals surface area (Å²) in [6.07, 6.45) is 1.28. The van der Waals surface area contributed by atoms with Crippen molar-refractivity contribution in [3.63, 3.8) is 0 Å². The van der Waals surface area contributed by atoms with Crippen LogP contribution in [0.3, 0.4) is 0 Å². The lowest BCUT2D eigenvalue weighted by Crippen LogP contribution is -2.48. The van der Waals surface area contributed by atoms with Crippen LogP contribution in [0.25, 0.3) is 11.2 Å². The Labute approximate surface area is 201 Å². The molecule has 10 heteroatoms. The van der Waals surface area contributed by atoms with Gasteiger partial charge in [-0.15, -0.1) is 0 Å². The summed E-state index contributed by atoms with van der Waals surface area (Å²) < 4.78 is 7.18. The minimum Gasteiger partial charge on any atom is -0.495 e. The van der Waals surface area contributed by atoms with Crippen molar-refractivity contribution in [3.05, 3.63) is 42.0 Å². The number of hydrogen-bond donors (Lipinski definition) is 4. The highest BCUT2D eigenvalue weighted by molar-refractivity contribution is 5.84. The summed E-state index contributed by atoms with van der Waals surface area (Å²) in [5, 5.41) is 28.3. The van der Waals surface area contributed by atoms with E-state index >= 15 is 0 Å². The first kappa shape index (κ1) is 21.8. The van der Waals surface area contributed by atoms with Crippen LogP contribution in [-0.2, 0) is 4.79 Å². The van der Waals surface area contributed by atoms with Crippen LogP contribution in [0.5, 0.6) is 5.75 Å². The van der Waals surface area contributed by atoms with Crippen molar-refractivity contribution in [2.75, 3.05) is 26.5 Å². The highest BCUT2D eigenvalue weighted by Crippen LogP contribution is 2.74. The van der Waals surface area contributed by atoms with Crippen molar-refractivity contribution in [2.24, 2.45) is 23.7 Å². The number of carbonyl (C=O) groups excluding carboxylic acids is 1. The predicted molar refractivity (Wildman–Crippen MR) is 126 cm³/mol. The third kappa shape index (κ3) is 3.05. The van der Waals surface area contributed by atoms with Crippen molar-refractivity contribution in [2.45, 2.75) is 24.2 Å². The van der Waals surface area contributed by atoms with Gasteiger partial charge in [-0.05, 0) is 36.3 Å². The van der Waals surface area contributed by atoms with Crippen LogP contribution in [0.4, 0.5) is 5.82 Å². The van der Waals surface area contributed by atoms with E-state index in [0.717, 1.165) is 6.42 Å². The Morgan fingerprint density at radius 3 is 2.77 bits per heavy atom. The summed E-state index contributed by atoms with van der Waals surface area (Å²) in [6, 6.07) is 7.01. The fraction of sp³-hybridized carbons (Fsp3) is 0.440. The second kappa shape index (κ2) is 7.66. The maximum atomic E-state index is 12.4. The highest BCUT2D eigenvalue weighted by atomic mass is 16.5. The van der Waals surface area contributed by atoms with E-state index < -0.39 is 23.7 Å². The number of hydrogen-bond acceptors (Lipinski definition) is 8. The molecule has 35 heavy (non-hydrogen) atoms. The molecule has 3 unspecified atom stereocenters. The molecule has 3 aliphatic rings. The van der Waals surface area contributed by atoms with E-state index in [-0.39, 0.29) is 23.7 Å². The van der Waals surface area contributed by atoms with Crippen molar-refractivity contribution in [3.8, 4) is 17.6 Å². The molecule has 4 N–H and O–H groups in total. The second-order valence-corrected chi connectivity index (χ2v) is 9.43. The van der Waals surface area contributed by atoms with E-state index in [0.29, 0.717) is 34.1 Å². The number of rotatable bonds is 4. The summed E-state index contributed by atoms with van der Waals surface area (Å²) in [5.74, 6) is 6.80. The minimum atomic E-state index is -1.41. The summed E-state index contributed by atoms with van der Waals surface area (Å²) in [6.45, 7) is 0. The Hall–Kier alpha value is -3.68. The quantitative estimate of drug-likeness (QED) is 0.403. The average molecular weight is 475 g/mol. The van der Waals surface area contributed by atoms with Crippen LogP contribution in [0.2, 0.25) is 0 Å². The van der Waals surface area contributed by atoms with E-state index in [4.69, 9.17) is 4.74 Å². The number of nitrogens with one attached hydrogen (secondary N) is 2. The second-order valence-electron chi connectivity index (χ2n) is 9.43. The van der Waals surface area contributed by atoms with Gasteiger partial charge < -0.3 is 30.2 Å². The summed E-state index contributed by atoms with van der Waals surface area (Å²) in [7, 11) is 4.89. The molecule has 0 bridgehead atoms. The van der Waals surface area contributed by atoms with Gasteiger partial charge in [-0.2, -0.15) is 0 Å². The van der Waals surface area contributed by atoms with Crippen LogP contribution in [0, 0.1) is 35.5 Å². The Bertz CT molecular complexity index is 1410. The fourth-order valence-electron chi connectivity index (χ4n) is 6.06. The van der Waals surface area contributed by atoms with Gasteiger partial charge in [-0.1, -0.05) is 18.1 Å². The normalized spacial score (nSPS) is 32.0. The van der Waals surface area contributed by atoms with Gasteiger partial charge in [0.25, 0.3) is 0 Å². The number of nitrogens with zero attached hydrogens (tertiary/aromatic N) is 4. The lowest BCUT2D eigenvalue weighted by molar-refractivity contribution is -0.138. The molecule has 0 aliphatic heterocycles. The van der Waals surface area contributed by atoms with Gasteiger partial charge in [0.2, 0.25) is 11.7 Å². The molecule has 6 rings (SSSR count). The lowest BCUT2D eigenvalue weighted by Gasteiger charge is -2.30. The number of amides is 1. The molecule has 1 amide bonds. The number of methoxy groups -OCH3 is 1. The predicted octanol–water partition coefficient (Wildman–Crippen LogP) is 0.551. The molecule has 2 heterocycles. The van der Waals surface area contributed by atoms with Crippen LogP contribution >= 0.6 is 0 Å². The van der Waals surface area contributed by atoms with Crippen molar-refractivity contribution in [1.29, 1.82) is 0 Å². The van der Waals surface area contributed by atoms with Gasteiger partial charge >= 0.3 is 0 Å². The van der Waals surface area contributed by atoms with E-state index in [1.165, 1.54) is 0 Å². The standard InChI is InChI=1S/C25H26N6O4/c1-26-22-19-23(30-16(29-22)9-8-12-6-4-5-7-15(12)35-3)31(11-28-19)20-18-14-10-13(14)17(24(33)27-2)21(32)25(18,20)34/h4-7,11,13-14,17-18,20-21,32,34H,10H2,1-3H3,(H,27,33)(H,26,29,30)/t13?,14?,17-,18-,20?,21+,25+/m0/s1. The van der Waals surface area contributed by atoms with Crippen molar-refractivity contribution < 1.29 is 19.7 Å². The molecule has 3 saturated carbocycles. The summed E-state index contributed by atoms with van der Waals surface area (Å²) in [5.41, 5.74) is 0.370. The third-order valence-electron chi connectivity index (χ3n) is 7.79. The topological polar surface area (TPSA) is 134 Å². The maximum Gasteiger partial charge on any atom is 0.225 e. The number of para-hydroxylation sites is 1. The van der Waals surface area contributed by atoms with Crippen LogP contribution in [0.1, 0.15) is 23.9 Å². The van der Waals surface area contributed by atoms with Gasteiger partial charge in [0.15, 0.2) is 17.0 Å². The zero-order valence-corrected chi connectivity index (χ0v) is 19.6. The number of anilines is 1. The molecular weight excluding hydrogens is 448 g/mol. The largest absolute Gasteiger partial charge is 0.495 e. The Morgan fingerprint density at radius 1 is 1.23 bits per heavy atom. The summed E-state index contributed by atoms with van der Waals surface area (Å²) in [4.78, 5) is 26.1. The number of imidazole rings is 1. The molecule has 3 aromatic rings. The molecule has 1 aromatic carbocycles. The smallest absolute Gasteiger partial charge is 0.225 e.